The lowest BCUT2D eigenvalue weighted by Crippen LogP contribution is -2.29. The summed E-state index contributed by atoms with van der Waals surface area (Å²) in [5.74, 6) is -2.20. The van der Waals surface area contributed by atoms with Gasteiger partial charge in [0.1, 0.15) is 0 Å². The van der Waals surface area contributed by atoms with E-state index in [1.807, 2.05) is 5.48 Å². The minimum atomic E-state index is -1.11. The smallest absolute Gasteiger partial charge is 0.363 e. The topological polar surface area (TPSA) is 81.4 Å². The predicted molar refractivity (Wildman–Crippen MR) is 24.3 cm³/mol. The fourth-order valence-corrected chi connectivity index (χ4v) is 0.143. The van der Waals surface area contributed by atoms with Crippen molar-refractivity contribution in [1.29, 1.82) is 0 Å². The van der Waals surface area contributed by atoms with Crippen LogP contribution in [-0.2, 0) is 14.4 Å². The molecular weight excluding hydrogens is 112 g/mol. The van der Waals surface area contributed by atoms with Gasteiger partial charge in [0.15, 0.2) is 0 Å². The Balaban J connectivity index is 3.49. The van der Waals surface area contributed by atoms with Gasteiger partial charge in [-0.25, -0.2) is 4.79 Å². The minimum absolute atomic E-state index is 1.09. The van der Waals surface area contributed by atoms with Crippen LogP contribution < -0.4 is 11.2 Å². The first-order chi connectivity index (χ1) is 3.68. The van der Waals surface area contributed by atoms with E-state index in [9.17, 15) is 9.59 Å². The van der Waals surface area contributed by atoms with Crippen LogP contribution in [-0.4, -0.2) is 18.9 Å². The molecular formula is C3H6N2O3. The van der Waals surface area contributed by atoms with Gasteiger partial charge in [-0.1, -0.05) is 0 Å². The number of rotatable bonds is 1. The van der Waals surface area contributed by atoms with E-state index in [-0.39, 0.29) is 0 Å². The zero-order chi connectivity index (χ0) is 6.57. The second-order valence-corrected chi connectivity index (χ2v) is 0.958. The quantitative estimate of drug-likeness (QED) is 0.313. The van der Waals surface area contributed by atoms with Crippen LogP contribution in [0, 0.1) is 0 Å². The van der Waals surface area contributed by atoms with Crippen molar-refractivity contribution in [3.63, 3.8) is 0 Å². The molecule has 0 heterocycles. The standard InChI is InChI=1S/C3H6N2O3/c1-5-8-3(7)2(4)6/h5H,1H3,(H2,4,6). The average molecular weight is 118 g/mol. The summed E-state index contributed by atoms with van der Waals surface area (Å²) in [4.78, 5) is 23.7. The van der Waals surface area contributed by atoms with E-state index in [2.05, 4.69) is 10.6 Å². The molecule has 1 amide bonds. The SMILES string of the molecule is CNOC(=O)C(N)=O. The van der Waals surface area contributed by atoms with Crippen LogP contribution in [0.15, 0.2) is 0 Å². The summed E-state index contributed by atoms with van der Waals surface area (Å²) in [7, 11) is 1.35. The molecule has 0 unspecified atom stereocenters. The largest absolute Gasteiger partial charge is 0.415 e. The molecule has 8 heavy (non-hydrogen) atoms. The first kappa shape index (κ1) is 6.90. The molecule has 0 aromatic carbocycles. The molecule has 3 N–H and O–H groups in total. The van der Waals surface area contributed by atoms with Crippen LogP contribution in [0.5, 0.6) is 0 Å². The van der Waals surface area contributed by atoms with Crippen molar-refractivity contribution in [2.45, 2.75) is 0 Å². The van der Waals surface area contributed by atoms with Crippen molar-refractivity contribution in [2.24, 2.45) is 5.73 Å². The molecule has 46 valence electrons. The molecule has 0 fully saturated rings. The number of carbonyl (C=O) groups is 2. The molecule has 0 bridgehead atoms. The van der Waals surface area contributed by atoms with E-state index in [1.54, 1.807) is 0 Å². The maximum atomic E-state index is 9.98. The van der Waals surface area contributed by atoms with Gasteiger partial charge >= 0.3 is 11.9 Å². The molecule has 0 radical (unpaired) electrons. The lowest BCUT2D eigenvalue weighted by Gasteiger charge is -1.93. The van der Waals surface area contributed by atoms with Crippen molar-refractivity contribution in [2.75, 3.05) is 7.05 Å². The van der Waals surface area contributed by atoms with Gasteiger partial charge in [-0.15, -0.1) is 0 Å². The zero-order valence-electron chi connectivity index (χ0n) is 4.30. The molecule has 0 atom stereocenters. The van der Waals surface area contributed by atoms with E-state index in [0.717, 1.165) is 0 Å². The molecule has 0 aliphatic carbocycles. The summed E-state index contributed by atoms with van der Waals surface area (Å²) in [6.07, 6.45) is 0. The maximum Gasteiger partial charge on any atom is 0.415 e. The van der Waals surface area contributed by atoms with Crippen LogP contribution in [0.3, 0.4) is 0 Å². The average Bonchev–Trinajstić information content (AvgIpc) is 1.67. The number of hydroxylamine groups is 1. The van der Waals surface area contributed by atoms with Crippen LogP contribution in [0.4, 0.5) is 0 Å². The van der Waals surface area contributed by atoms with Gasteiger partial charge in [0.25, 0.3) is 0 Å². The van der Waals surface area contributed by atoms with E-state index in [4.69, 9.17) is 0 Å². The lowest BCUT2D eigenvalue weighted by atomic mass is 10.7. The van der Waals surface area contributed by atoms with Gasteiger partial charge in [-0.3, -0.25) is 4.79 Å². The molecule has 0 spiro atoms. The molecule has 5 nitrogen and oxygen atoms in total. The Morgan fingerprint density at radius 1 is 1.62 bits per heavy atom. The fraction of sp³-hybridized carbons (Fsp3) is 0.333. The fourth-order valence-electron chi connectivity index (χ4n) is 0.143. The van der Waals surface area contributed by atoms with Crippen LogP contribution >= 0.6 is 0 Å². The Morgan fingerprint density at radius 2 is 2.12 bits per heavy atom. The van der Waals surface area contributed by atoms with E-state index in [1.165, 1.54) is 7.05 Å². The third-order valence-electron chi connectivity index (χ3n) is 0.396. The summed E-state index contributed by atoms with van der Waals surface area (Å²) < 4.78 is 0. The summed E-state index contributed by atoms with van der Waals surface area (Å²) >= 11 is 0. The highest BCUT2D eigenvalue weighted by atomic mass is 16.7. The van der Waals surface area contributed by atoms with E-state index < -0.39 is 11.9 Å². The summed E-state index contributed by atoms with van der Waals surface area (Å²) in [6, 6.07) is 0. The van der Waals surface area contributed by atoms with Gasteiger partial charge in [0, 0.05) is 7.05 Å². The Morgan fingerprint density at radius 3 is 2.25 bits per heavy atom. The number of nitrogens with two attached hydrogens (primary N) is 1. The van der Waals surface area contributed by atoms with E-state index >= 15 is 0 Å². The molecule has 0 saturated carbocycles. The minimum Gasteiger partial charge on any atom is -0.363 e. The second-order valence-electron chi connectivity index (χ2n) is 0.958. The molecule has 0 aliphatic rings. The highest BCUT2D eigenvalue weighted by Gasteiger charge is 2.07. The third kappa shape index (κ3) is 2.14. The molecule has 0 aliphatic heterocycles. The number of hydrogen-bond donors (Lipinski definition) is 2. The van der Waals surface area contributed by atoms with Crippen molar-refractivity contribution >= 4 is 11.9 Å². The van der Waals surface area contributed by atoms with Crippen molar-refractivity contribution in [3.8, 4) is 0 Å². The van der Waals surface area contributed by atoms with Crippen molar-refractivity contribution in [3.05, 3.63) is 0 Å². The molecule has 5 heteroatoms. The third-order valence-corrected chi connectivity index (χ3v) is 0.396. The monoisotopic (exact) mass is 118 g/mol. The predicted octanol–water partition coefficient (Wildman–Crippen LogP) is -1.85. The Labute approximate surface area is 45.7 Å². The molecule has 0 saturated heterocycles. The highest BCUT2D eigenvalue weighted by molar-refractivity contribution is 6.31. The Kier molecular flexibility index (Phi) is 2.57. The molecule has 0 aromatic heterocycles. The van der Waals surface area contributed by atoms with Gasteiger partial charge < -0.3 is 10.6 Å². The summed E-state index contributed by atoms with van der Waals surface area (Å²) in [6.45, 7) is 0. The Hall–Kier alpha value is -1.10. The number of carbonyl (C=O) groups excluding carboxylic acids is 2. The van der Waals surface area contributed by atoms with E-state index in [0.29, 0.717) is 0 Å². The van der Waals surface area contributed by atoms with Crippen LogP contribution in [0.1, 0.15) is 0 Å². The maximum absolute atomic E-state index is 9.98. The van der Waals surface area contributed by atoms with Crippen molar-refractivity contribution < 1.29 is 14.4 Å². The number of amides is 1. The Bertz CT molecular complexity index is 111. The van der Waals surface area contributed by atoms with Gasteiger partial charge in [-0.05, 0) is 0 Å². The van der Waals surface area contributed by atoms with Gasteiger partial charge in [0.2, 0.25) is 0 Å². The van der Waals surface area contributed by atoms with Gasteiger partial charge in [0.05, 0.1) is 0 Å². The number of hydrogen-bond acceptors (Lipinski definition) is 4. The first-order valence-corrected chi connectivity index (χ1v) is 1.86. The molecule has 0 aromatic rings. The summed E-state index contributed by atoms with van der Waals surface area (Å²) in [5, 5.41) is 0. The number of primary amides is 1. The van der Waals surface area contributed by atoms with Gasteiger partial charge in [-0.2, -0.15) is 5.48 Å². The summed E-state index contributed by atoms with van der Waals surface area (Å²) in [5.41, 5.74) is 6.47. The second kappa shape index (κ2) is 2.98. The van der Waals surface area contributed by atoms with Crippen molar-refractivity contribution in [1.82, 2.24) is 5.48 Å². The highest BCUT2D eigenvalue weighted by Crippen LogP contribution is 1.65. The molecule has 0 rings (SSSR count). The normalized spacial score (nSPS) is 8.12. The lowest BCUT2D eigenvalue weighted by molar-refractivity contribution is -0.158. The van der Waals surface area contributed by atoms with Crippen LogP contribution in [0.2, 0.25) is 0 Å². The first-order valence-electron chi connectivity index (χ1n) is 1.86. The van der Waals surface area contributed by atoms with Crippen LogP contribution in [0.25, 0.3) is 0 Å². The number of nitrogens with one attached hydrogen (secondary N) is 1. The zero-order valence-corrected chi connectivity index (χ0v) is 4.30.